The Kier molecular flexibility index (Phi) is 12.3. The van der Waals surface area contributed by atoms with Gasteiger partial charge in [-0.15, -0.1) is 31.8 Å². The van der Waals surface area contributed by atoms with Crippen molar-refractivity contribution in [1.29, 1.82) is 0 Å². The number of esters is 2. The first-order chi connectivity index (χ1) is 23.5. The van der Waals surface area contributed by atoms with Crippen molar-refractivity contribution in [2.45, 2.75) is 75.9 Å². The van der Waals surface area contributed by atoms with E-state index in [2.05, 4.69) is 9.68 Å². The summed E-state index contributed by atoms with van der Waals surface area (Å²) in [5.41, 5.74) is -3.10. The molecule has 2 unspecified atom stereocenters. The number of alkyl halides is 1. The molecule has 18 heteroatoms. The number of ketones is 2. The van der Waals surface area contributed by atoms with Crippen LogP contribution in [0, 0.1) is 48.8 Å². The normalized spacial score (nSPS) is 34.0. The lowest BCUT2D eigenvalue weighted by atomic mass is 9.46. The first-order valence-corrected chi connectivity index (χ1v) is 16.8. The summed E-state index contributed by atoms with van der Waals surface area (Å²) in [5.74, 6) is -3.86. The zero-order valence-electron chi connectivity index (χ0n) is 28.2. The van der Waals surface area contributed by atoms with E-state index in [0.29, 0.717) is 12.8 Å². The van der Waals surface area contributed by atoms with E-state index in [1.165, 1.54) is 6.08 Å². The fourth-order valence-electron chi connectivity index (χ4n) is 8.73. The molecule has 0 amide bonds. The third kappa shape index (κ3) is 7.36. The molecule has 1 N–H and O–H groups in total. The quantitative estimate of drug-likeness (QED) is 0.0533. The van der Waals surface area contributed by atoms with E-state index in [0.717, 1.165) is 5.57 Å². The number of carbonyl (C=O) groups excluding carboxylic acids is 4. The minimum Gasteiger partial charge on any atom is -0.456 e. The van der Waals surface area contributed by atoms with Crippen LogP contribution >= 0.6 is 11.6 Å². The van der Waals surface area contributed by atoms with Crippen LogP contribution in [0.25, 0.3) is 0 Å². The second kappa shape index (κ2) is 15.7. The molecule has 0 aromatic heterocycles. The molecule has 0 aromatic rings. The third-order valence-electron chi connectivity index (χ3n) is 10.9. The number of aliphatic hydroxyl groups is 1. The number of ether oxygens (including phenoxy) is 4. The average molecular weight is 731 g/mol. The highest BCUT2D eigenvalue weighted by Crippen LogP contribution is 2.71. The van der Waals surface area contributed by atoms with E-state index in [4.69, 9.17) is 30.5 Å². The molecule has 2 saturated carbocycles. The molecular formula is C32H43ClN2O15. The van der Waals surface area contributed by atoms with Gasteiger partial charge >= 0.3 is 11.9 Å². The van der Waals surface area contributed by atoms with Crippen molar-refractivity contribution in [3.63, 3.8) is 0 Å². The number of hydrogen-bond acceptors (Lipinski definition) is 15. The minimum atomic E-state index is -1.87. The van der Waals surface area contributed by atoms with Crippen molar-refractivity contribution >= 4 is 35.1 Å². The van der Waals surface area contributed by atoms with E-state index in [-0.39, 0.29) is 70.4 Å². The third-order valence-corrected chi connectivity index (χ3v) is 11.9. The Morgan fingerprint density at radius 3 is 2.34 bits per heavy atom. The summed E-state index contributed by atoms with van der Waals surface area (Å²) in [6.07, 6.45) is 4.54. The number of carbonyl (C=O) groups is 4. The number of nitrogens with zero attached hydrogens (tertiary/aromatic N) is 2. The highest BCUT2D eigenvalue weighted by atomic mass is 35.5. The molecule has 0 saturated heterocycles. The summed E-state index contributed by atoms with van der Waals surface area (Å²) in [5, 5.41) is 30.8. The van der Waals surface area contributed by atoms with Gasteiger partial charge in [-0.1, -0.05) is 38.5 Å². The molecule has 0 heterocycles. The van der Waals surface area contributed by atoms with Crippen LogP contribution in [0.2, 0.25) is 0 Å². The Bertz CT molecular complexity index is 1420. The second-order valence-electron chi connectivity index (χ2n) is 13.6. The van der Waals surface area contributed by atoms with Gasteiger partial charge in [0.25, 0.3) is 10.2 Å². The van der Waals surface area contributed by atoms with Crippen LogP contribution in [0.3, 0.4) is 0 Å². The number of rotatable bonds is 18. The summed E-state index contributed by atoms with van der Waals surface area (Å²) in [4.78, 5) is 80.4. The molecule has 0 spiro atoms. The largest absolute Gasteiger partial charge is 0.456 e. The first-order valence-electron chi connectivity index (χ1n) is 16.4. The molecule has 8 atom stereocenters. The van der Waals surface area contributed by atoms with Crippen LogP contribution in [-0.2, 0) is 47.8 Å². The van der Waals surface area contributed by atoms with Crippen LogP contribution in [0.1, 0.15) is 59.3 Å². The zero-order valence-corrected chi connectivity index (χ0v) is 28.9. The molecular weight excluding hydrogens is 688 g/mol. The highest BCUT2D eigenvalue weighted by molar-refractivity contribution is 6.26. The number of fused-ring (bicyclic) bond motifs is 5. The van der Waals surface area contributed by atoms with Crippen LogP contribution in [0.15, 0.2) is 23.8 Å². The standard InChI is InChI=1S/C32H43ClN2O15/c1-20-15-24-23-7-6-21-16-22(36)8-9-29(21,2)31(23,33)25(37)17-30(24,3)32(20,50-27(39)5-4-10-48-34(41)42)26(38)18-47-28(40)19-46-12-11-45-13-14-49-35(43)44/h6,8-9,20,23-25,37H,4-5,7,10-19H2,1-3H3/t20-,23?,24?,25-,29-,30-,31-,32-/m0/s1. The highest BCUT2D eigenvalue weighted by Gasteiger charge is 2.76. The molecule has 50 heavy (non-hydrogen) atoms. The summed E-state index contributed by atoms with van der Waals surface area (Å²) < 4.78 is 21.7. The maximum Gasteiger partial charge on any atom is 0.332 e. The molecule has 4 aliphatic carbocycles. The van der Waals surface area contributed by atoms with Crippen LogP contribution in [0.4, 0.5) is 0 Å². The lowest BCUT2D eigenvalue weighted by molar-refractivity contribution is -0.758. The van der Waals surface area contributed by atoms with Gasteiger partial charge < -0.3 is 33.7 Å². The lowest BCUT2D eigenvalue weighted by Crippen LogP contribution is -2.69. The van der Waals surface area contributed by atoms with Crippen molar-refractivity contribution < 1.29 is 63.1 Å². The molecule has 0 bridgehead atoms. The number of aliphatic hydroxyl groups excluding tert-OH is 1. The fraction of sp³-hybridized carbons (Fsp3) is 0.750. The molecule has 4 aliphatic rings. The van der Waals surface area contributed by atoms with Gasteiger partial charge in [0.05, 0.1) is 37.4 Å². The SMILES string of the molecule is C[C@H]1CC2C3CC=C4CC(=O)C=C[C@]4(C)[C@@]3(Cl)[C@@H](O)C[C@]2(C)[C@@]1(OC(=O)CCCO[N+](=O)[O-])C(=O)COC(=O)COCCOCCO[N+](=O)[O-]. The van der Waals surface area contributed by atoms with Crippen molar-refractivity contribution in [3.05, 3.63) is 44.0 Å². The maximum atomic E-state index is 14.3. The number of Topliss-reactive ketones (excluding diaryl/α,β-unsaturated/α-hetero) is 1. The van der Waals surface area contributed by atoms with Gasteiger partial charge in [-0.2, -0.15) is 0 Å². The van der Waals surface area contributed by atoms with Gasteiger partial charge in [-0.3, -0.25) is 14.4 Å². The Balaban J connectivity index is 1.53. The van der Waals surface area contributed by atoms with Gasteiger partial charge in [0, 0.05) is 29.6 Å². The number of allylic oxidation sites excluding steroid dienone is 4. The smallest absolute Gasteiger partial charge is 0.332 e. The monoisotopic (exact) mass is 730 g/mol. The molecule has 0 radical (unpaired) electrons. The van der Waals surface area contributed by atoms with Gasteiger partial charge in [-0.25, -0.2) is 4.79 Å². The average Bonchev–Trinajstić information content (AvgIpc) is 3.26. The Hall–Kier alpha value is -3.67. The Morgan fingerprint density at radius 1 is 0.980 bits per heavy atom. The summed E-state index contributed by atoms with van der Waals surface area (Å²) in [7, 11) is 0. The summed E-state index contributed by atoms with van der Waals surface area (Å²) >= 11 is 7.53. The minimum absolute atomic E-state index is 0.00366. The van der Waals surface area contributed by atoms with Gasteiger partial charge in [0.15, 0.2) is 18.0 Å². The van der Waals surface area contributed by atoms with Crippen LogP contribution in [-0.4, -0.2) is 102 Å². The van der Waals surface area contributed by atoms with E-state index in [1.807, 2.05) is 13.0 Å². The predicted octanol–water partition coefficient (Wildman–Crippen LogP) is 2.50. The van der Waals surface area contributed by atoms with E-state index in [9.17, 15) is 44.5 Å². The van der Waals surface area contributed by atoms with E-state index >= 15 is 0 Å². The molecule has 17 nitrogen and oxygen atoms in total. The Labute approximate surface area is 292 Å². The molecule has 0 aromatic carbocycles. The molecule has 278 valence electrons. The zero-order chi connectivity index (χ0) is 36.9. The molecule has 4 rings (SSSR count). The van der Waals surface area contributed by atoms with E-state index < -0.39 is 80.4 Å². The summed E-state index contributed by atoms with van der Waals surface area (Å²) in [6.45, 7) is 3.33. The molecule has 2 fully saturated rings. The van der Waals surface area contributed by atoms with Crippen molar-refractivity contribution in [2.24, 2.45) is 28.6 Å². The second-order valence-corrected chi connectivity index (χ2v) is 14.2. The van der Waals surface area contributed by atoms with Crippen molar-refractivity contribution in [3.8, 4) is 0 Å². The van der Waals surface area contributed by atoms with Crippen molar-refractivity contribution in [1.82, 2.24) is 0 Å². The van der Waals surface area contributed by atoms with Gasteiger partial charge in [0.2, 0.25) is 5.78 Å². The van der Waals surface area contributed by atoms with E-state index in [1.54, 1.807) is 19.9 Å². The first kappa shape index (κ1) is 39.1. The van der Waals surface area contributed by atoms with Gasteiger partial charge in [0.1, 0.15) is 13.2 Å². The maximum absolute atomic E-state index is 14.3. The predicted molar refractivity (Wildman–Crippen MR) is 169 cm³/mol. The number of halogens is 1. The van der Waals surface area contributed by atoms with Gasteiger partial charge in [-0.05, 0) is 43.6 Å². The summed E-state index contributed by atoms with van der Waals surface area (Å²) in [6, 6.07) is 0. The number of hydrogen-bond donors (Lipinski definition) is 1. The Morgan fingerprint density at radius 2 is 1.64 bits per heavy atom. The molecule has 0 aliphatic heterocycles. The fourth-order valence-corrected chi connectivity index (χ4v) is 9.24. The van der Waals surface area contributed by atoms with Crippen LogP contribution in [0.5, 0.6) is 0 Å². The lowest BCUT2D eigenvalue weighted by Gasteiger charge is -2.63. The topological polar surface area (TPSA) is 230 Å². The van der Waals surface area contributed by atoms with Crippen molar-refractivity contribution in [2.75, 3.05) is 46.2 Å². The van der Waals surface area contributed by atoms with Crippen LogP contribution < -0.4 is 0 Å².